The van der Waals surface area contributed by atoms with E-state index in [9.17, 15) is 0 Å². The Labute approximate surface area is 120 Å². The van der Waals surface area contributed by atoms with Crippen LogP contribution in [0.3, 0.4) is 0 Å². The molecule has 1 aliphatic rings. The van der Waals surface area contributed by atoms with Crippen LogP contribution in [0.1, 0.15) is 32.6 Å². The maximum Gasteiger partial charge on any atom is 0.0463 e. The molecule has 1 atom stereocenters. The minimum atomic E-state index is 0.840. The largest absolute Gasteiger partial charge is 0.398 e. The van der Waals surface area contributed by atoms with E-state index < -0.39 is 0 Å². The van der Waals surface area contributed by atoms with Gasteiger partial charge >= 0.3 is 0 Å². The number of hydrogen-bond donors (Lipinski definition) is 1. The van der Waals surface area contributed by atoms with E-state index in [1.807, 2.05) is 24.5 Å². The molecule has 1 aromatic carbocycles. The van der Waals surface area contributed by atoms with Gasteiger partial charge in [-0.1, -0.05) is 13.3 Å². The molecule has 0 radical (unpaired) electrons. The summed E-state index contributed by atoms with van der Waals surface area (Å²) in [7, 11) is 0. The number of hydrogen-bond acceptors (Lipinski definition) is 3. The van der Waals surface area contributed by atoms with E-state index >= 15 is 0 Å². The molecule has 1 unspecified atom stereocenters. The summed E-state index contributed by atoms with van der Waals surface area (Å²) in [4.78, 5) is 6.79. The number of anilines is 2. The van der Waals surface area contributed by atoms with Gasteiger partial charge in [0.2, 0.25) is 0 Å². The quantitative estimate of drug-likeness (QED) is 0.842. The van der Waals surface area contributed by atoms with E-state index in [0.29, 0.717) is 0 Å². The molecule has 1 aliphatic heterocycles. The van der Waals surface area contributed by atoms with Crippen LogP contribution in [0.25, 0.3) is 10.8 Å². The zero-order valence-electron chi connectivity index (χ0n) is 12.2. The fourth-order valence-corrected chi connectivity index (χ4v) is 3.29. The van der Waals surface area contributed by atoms with Crippen molar-refractivity contribution < 1.29 is 0 Å². The number of nitrogens with zero attached hydrogens (tertiary/aromatic N) is 2. The van der Waals surface area contributed by atoms with Gasteiger partial charge in [0.15, 0.2) is 0 Å². The van der Waals surface area contributed by atoms with Crippen molar-refractivity contribution in [2.45, 2.75) is 32.6 Å². The van der Waals surface area contributed by atoms with Crippen molar-refractivity contribution in [3.05, 3.63) is 30.6 Å². The van der Waals surface area contributed by atoms with Crippen LogP contribution in [0.2, 0.25) is 0 Å². The molecule has 1 fully saturated rings. The van der Waals surface area contributed by atoms with Gasteiger partial charge in [0, 0.05) is 47.6 Å². The van der Waals surface area contributed by atoms with E-state index in [2.05, 4.69) is 22.9 Å². The molecular formula is C17H23N3. The Kier molecular flexibility index (Phi) is 3.77. The van der Waals surface area contributed by atoms with Gasteiger partial charge in [-0.3, -0.25) is 4.98 Å². The Morgan fingerprint density at radius 3 is 2.95 bits per heavy atom. The topological polar surface area (TPSA) is 42.1 Å². The van der Waals surface area contributed by atoms with Gasteiger partial charge in [-0.05, 0) is 43.4 Å². The third-order valence-corrected chi connectivity index (χ3v) is 4.59. The first-order chi connectivity index (χ1) is 9.79. The Morgan fingerprint density at radius 2 is 2.10 bits per heavy atom. The lowest BCUT2D eigenvalue weighted by Gasteiger charge is -2.24. The summed E-state index contributed by atoms with van der Waals surface area (Å²) in [5.74, 6) is 0.887. The van der Waals surface area contributed by atoms with Crippen molar-refractivity contribution in [1.82, 2.24) is 4.98 Å². The van der Waals surface area contributed by atoms with Gasteiger partial charge in [0.25, 0.3) is 0 Å². The summed E-state index contributed by atoms with van der Waals surface area (Å²) >= 11 is 0. The van der Waals surface area contributed by atoms with E-state index in [1.54, 1.807) is 0 Å². The number of rotatable bonds is 2. The summed E-state index contributed by atoms with van der Waals surface area (Å²) in [6.07, 6.45) is 9.00. The Morgan fingerprint density at radius 1 is 1.20 bits per heavy atom. The van der Waals surface area contributed by atoms with Gasteiger partial charge in [0.05, 0.1) is 0 Å². The first-order valence-corrected chi connectivity index (χ1v) is 7.66. The molecule has 2 N–H and O–H groups in total. The summed E-state index contributed by atoms with van der Waals surface area (Å²) in [6, 6.07) is 6.20. The highest BCUT2D eigenvalue weighted by Gasteiger charge is 2.17. The second-order valence-corrected chi connectivity index (χ2v) is 5.79. The molecule has 3 nitrogen and oxygen atoms in total. The first kappa shape index (κ1) is 13.2. The van der Waals surface area contributed by atoms with Crippen LogP contribution in [0, 0.1) is 5.92 Å². The molecule has 1 saturated heterocycles. The molecular weight excluding hydrogens is 246 g/mol. The summed E-state index contributed by atoms with van der Waals surface area (Å²) in [5, 5.41) is 2.30. The second-order valence-electron chi connectivity index (χ2n) is 5.79. The van der Waals surface area contributed by atoms with Crippen molar-refractivity contribution in [2.24, 2.45) is 5.92 Å². The van der Waals surface area contributed by atoms with Crippen molar-refractivity contribution >= 4 is 22.1 Å². The molecule has 106 valence electrons. The van der Waals surface area contributed by atoms with Crippen molar-refractivity contribution in [3.63, 3.8) is 0 Å². The minimum Gasteiger partial charge on any atom is -0.398 e. The molecule has 3 heteroatoms. The highest BCUT2D eigenvalue weighted by molar-refractivity contribution is 6.00. The number of pyridine rings is 1. The third kappa shape index (κ3) is 2.45. The predicted octanol–water partition coefficient (Wildman–Crippen LogP) is 3.83. The predicted molar refractivity (Wildman–Crippen MR) is 86.0 cm³/mol. The fraction of sp³-hybridized carbons (Fsp3) is 0.471. The van der Waals surface area contributed by atoms with Gasteiger partial charge in [-0.15, -0.1) is 0 Å². The zero-order valence-corrected chi connectivity index (χ0v) is 12.2. The number of nitrogen functional groups attached to an aromatic ring is 1. The lowest BCUT2D eigenvalue weighted by molar-refractivity contribution is 0.459. The summed E-state index contributed by atoms with van der Waals surface area (Å²) in [6.45, 7) is 4.60. The van der Waals surface area contributed by atoms with Crippen LogP contribution in [0.15, 0.2) is 30.6 Å². The standard InChI is InChI=1S/C17H23N3/c1-2-13-4-3-10-20(11-8-13)17-6-5-16(18)14-7-9-19-12-15(14)17/h5-7,9,12-13H,2-4,8,10-11,18H2,1H3. The monoisotopic (exact) mass is 269 g/mol. The SMILES string of the molecule is CCC1CCCN(c2ccc(N)c3ccncc23)CC1. The first-order valence-electron chi connectivity index (χ1n) is 7.66. The molecule has 0 saturated carbocycles. The smallest absolute Gasteiger partial charge is 0.0463 e. The van der Waals surface area contributed by atoms with E-state index in [-0.39, 0.29) is 0 Å². The Bertz CT molecular complexity index is 594. The molecule has 0 bridgehead atoms. The Balaban J connectivity index is 1.96. The number of fused-ring (bicyclic) bond motifs is 1. The summed E-state index contributed by atoms with van der Waals surface area (Å²) < 4.78 is 0. The third-order valence-electron chi connectivity index (χ3n) is 4.59. The van der Waals surface area contributed by atoms with Crippen LogP contribution in [0.5, 0.6) is 0 Å². The average molecular weight is 269 g/mol. The number of nitrogens with two attached hydrogens (primary N) is 1. The van der Waals surface area contributed by atoms with E-state index in [4.69, 9.17) is 5.73 Å². The van der Waals surface area contributed by atoms with E-state index in [1.165, 1.54) is 36.8 Å². The van der Waals surface area contributed by atoms with E-state index in [0.717, 1.165) is 30.1 Å². The molecule has 1 aromatic heterocycles. The number of aromatic nitrogens is 1. The second kappa shape index (κ2) is 5.70. The molecule has 0 aliphatic carbocycles. The zero-order chi connectivity index (χ0) is 13.9. The molecule has 0 spiro atoms. The van der Waals surface area contributed by atoms with Gasteiger partial charge in [-0.25, -0.2) is 0 Å². The van der Waals surface area contributed by atoms with Crippen molar-refractivity contribution in [1.29, 1.82) is 0 Å². The maximum absolute atomic E-state index is 6.08. The molecule has 0 amide bonds. The average Bonchev–Trinajstić information content (AvgIpc) is 2.73. The Hall–Kier alpha value is -1.77. The normalized spacial score (nSPS) is 20.1. The van der Waals surface area contributed by atoms with Crippen LogP contribution in [0.4, 0.5) is 11.4 Å². The van der Waals surface area contributed by atoms with Crippen LogP contribution < -0.4 is 10.6 Å². The fourth-order valence-electron chi connectivity index (χ4n) is 3.29. The molecule has 2 heterocycles. The highest BCUT2D eigenvalue weighted by atomic mass is 15.1. The van der Waals surface area contributed by atoms with Crippen molar-refractivity contribution in [3.8, 4) is 0 Å². The van der Waals surface area contributed by atoms with Gasteiger partial charge in [0.1, 0.15) is 0 Å². The molecule has 3 rings (SSSR count). The van der Waals surface area contributed by atoms with Crippen molar-refractivity contribution in [2.75, 3.05) is 23.7 Å². The van der Waals surface area contributed by atoms with Gasteiger partial charge in [-0.2, -0.15) is 0 Å². The van der Waals surface area contributed by atoms with Crippen LogP contribution in [-0.2, 0) is 0 Å². The minimum absolute atomic E-state index is 0.840. The number of benzene rings is 1. The van der Waals surface area contributed by atoms with Crippen LogP contribution in [-0.4, -0.2) is 18.1 Å². The van der Waals surface area contributed by atoms with Crippen LogP contribution >= 0.6 is 0 Å². The summed E-state index contributed by atoms with van der Waals surface area (Å²) in [5.41, 5.74) is 8.21. The molecule has 2 aromatic rings. The highest BCUT2D eigenvalue weighted by Crippen LogP contribution is 2.32. The van der Waals surface area contributed by atoms with Gasteiger partial charge < -0.3 is 10.6 Å². The lowest BCUT2D eigenvalue weighted by atomic mass is 9.98. The maximum atomic E-state index is 6.08. The lowest BCUT2D eigenvalue weighted by Crippen LogP contribution is -2.24. The molecule has 20 heavy (non-hydrogen) atoms.